The fraction of sp³-hybridized carbons (Fsp3) is 0.462. The number of fused-ring (bicyclic) bond motifs is 1. The Kier molecular flexibility index (Phi) is 4.18. The lowest BCUT2D eigenvalue weighted by molar-refractivity contribution is 0.809. The van der Waals surface area contributed by atoms with E-state index in [1.165, 1.54) is 0 Å². The molecule has 6 nitrogen and oxygen atoms in total. The van der Waals surface area contributed by atoms with E-state index in [1.807, 2.05) is 23.7 Å². The SMILES string of the molecule is CCNc1cn2ccnc2c(N(CC)CCC#N)n1. The molecule has 0 fully saturated rings. The maximum Gasteiger partial charge on any atom is 0.180 e. The molecule has 6 heteroatoms. The van der Waals surface area contributed by atoms with Crippen molar-refractivity contribution in [3.05, 3.63) is 18.6 Å². The van der Waals surface area contributed by atoms with Gasteiger partial charge in [0.2, 0.25) is 0 Å². The van der Waals surface area contributed by atoms with Crippen LogP contribution in [0.2, 0.25) is 0 Å². The number of hydrogen-bond donors (Lipinski definition) is 1. The first-order chi connectivity index (χ1) is 9.30. The Labute approximate surface area is 112 Å². The summed E-state index contributed by atoms with van der Waals surface area (Å²) in [5.74, 6) is 1.64. The third kappa shape index (κ3) is 2.76. The van der Waals surface area contributed by atoms with E-state index in [0.717, 1.165) is 30.4 Å². The molecule has 0 spiro atoms. The number of aromatic nitrogens is 3. The second-order valence-electron chi connectivity index (χ2n) is 4.13. The Bertz CT molecular complexity index is 582. The molecule has 0 amide bonds. The van der Waals surface area contributed by atoms with E-state index in [9.17, 15) is 0 Å². The van der Waals surface area contributed by atoms with E-state index >= 15 is 0 Å². The van der Waals surface area contributed by atoms with Crippen molar-refractivity contribution in [2.24, 2.45) is 0 Å². The van der Waals surface area contributed by atoms with Crippen molar-refractivity contribution in [2.75, 3.05) is 29.9 Å². The highest BCUT2D eigenvalue weighted by molar-refractivity contribution is 5.66. The Morgan fingerprint density at radius 2 is 2.32 bits per heavy atom. The molecular formula is C13H18N6. The van der Waals surface area contributed by atoms with Gasteiger partial charge in [-0.15, -0.1) is 0 Å². The molecule has 100 valence electrons. The summed E-state index contributed by atoms with van der Waals surface area (Å²) in [6.07, 6.45) is 6.06. The molecule has 0 saturated heterocycles. The minimum atomic E-state index is 0.480. The van der Waals surface area contributed by atoms with Gasteiger partial charge < -0.3 is 14.6 Å². The summed E-state index contributed by atoms with van der Waals surface area (Å²) in [6.45, 7) is 6.37. The maximum absolute atomic E-state index is 8.74. The first kappa shape index (κ1) is 13.1. The van der Waals surface area contributed by atoms with Gasteiger partial charge in [0.25, 0.3) is 0 Å². The van der Waals surface area contributed by atoms with Crippen LogP contribution in [-0.4, -0.2) is 34.0 Å². The molecule has 1 N–H and O–H groups in total. The molecule has 2 aromatic heterocycles. The van der Waals surface area contributed by atoms with Gasteiger partial charge in [-0.25, -0.2) is 9.97 Å². The van der Waals surface area contributed by atoms with E-state index in [0.29, 0.717) is 13.0 Å². The van der Waals surface area contributed by atoms with Crippen LogP contribution >= 0.6 is 0 Å². The van der Waals surface area contributed by atoms with Crippen LogP contribution in [0, 0.1) is 11.3 Å². The van der Waals surface area contributed by atoms with Crippen molar-refractivity contribution >= 4 is 17.3 Å². The van der Waals surface area contributed by atoms with E-state index in [1.54, 1.807) is 6.20 Å². The van der Waals surface area contributed by atoms with Crippen LogP contribution in [0.4, 0.5) is 11.6 Å². The zero-order chi connectivity index (χ0) is 13.7. The first-order valence-electron chi connectivity index (χ1n) is 6.49. The van der Waals surface area contributed by atoms with Crippen molar-refractivity contribution in [1.82, 2.24) is 14.4 Å². The molecule has 2 rings (SSSR count). The number of hydrogen-bond acceptors (Lipinski definition) is 5. The molecule has 2 heterocycles. The van der Waals surface area contributed by atoms with Gasteiger partial charge >= 0.3 is 0 Å². The zero-order valence-electron chi connectivity index (χ0n) is 11.3. The predicted molar refractivity (Wildman–Crippen MR) is 75.3 cm³/mol. The monoisotopic (exact) mass is 258 g/mol. The lowest BCUT2D eigenvalue weighted by atomic mass is 10.4. The van der Waals surface area contributed by atoms with Gasteiger partial charge in [0, 0.05) is 32.0 Å². The van der Waals surface area contributed by atoms with Gasteiger partial charge in [0.15, 0.2) is 11.5 Å². The lowest BCUT2D eigenvalue weighted by Crippen LogP contribution is -2.26. The minimum Gasteiger partial charge on any atom is -0.369 e. The summed E-state index contributed by atoms with van der Waals surface area (Å²) in [5, 5.41) is 12.0. The molecule has 2 aromatic rings. The molecule has 0 aliphatic carbocycles. The summed E-state index contributed by atoms with van der Waals surface area (Å²) < 4.78 is 1.95. The van der Waals surface area contributed by atoms with Crippen LogP contribution in [-0.2, 0) is 0 Å². The molecule has 0 atom stereocenters. The molecule has 0 aromatic carbocycles. The van der Waals surface area contributed by atoms with Crippen LogP contribution in [0.15, 0.2) is 18.6 Å². The molecule has 19 heavy (non-hydrogen) atoms. The van der Waals surface area contributed by atoms with E-state index in [2.05, 4.69) is 33.2 Å². The maximum atomic E-state index is 8.74. The van der Waals surface area contributed by atoms with Gasteiger partial charge in [0.05, 0.1) is 18.7 Å². The fourth-order valence-corrected chi connectivity index (χ4v) is 1.99. The van der Waals surface area contributed by atoms with Crippen LogP contribution in [0.25, 0.3) is 5.65 Å². The van der Waals surface area contributed by atoms with Crippen molar-refractivity contribution in [3.8, 4) is 6.07 Å². The third-order valence-corrected chi connectivity index (χ3v) is 2.89. The highest BCUT2D eigenvalue weighted by Crippen LogP contribution is 2.20. The van der Waals surface area contributed by atoms with E-state index in [4.69, 9.17) is 5.26 Å². The predicted octanol–water partition coefficient (Wildman–Crippen LogP) is 1.90. The van der Waals surface area contributed by atoms with E-state index < -0.39 is 0 Å². The summed E-state index contributed by atoms with van der Waals surface area (Å²) in [7, 11) is 0. The number of nitrogens with zero attached hydrogens (tertiary/aromatic N) is 5. The highest BCUT2D eigenvalue weighted by atomic mass is 15.2. The molecule has 0 unspecified atom stereocenters. The van der Waals surface area contributed by atoms with Crippen LogP contribution in [0.5, 0.6) is 0 Å². The molecule has 0 saturated carbocycles. The van der Waals surface area contributed by atoms with Gasteiger partial charge in [-0.1, -0.05) is 0 Å². The van der Waals surface area contributed by atoms with Crippen molar-refractivity contribution in [3.63, 3.8) is 0 Å². The number of nitrogens with one attached hydrogen (secondary N) is 1. The number of rotatable bonds is 6. The topological polar surface area (TPSA) is 69.2 Å². The molecule has 0 radical (unpaired) electrons. The summed E-state index contributed by atoms with van der Waals surface area (Å²) in [4.78, 5) is 11.0. The zero-order valence-corrected chi connectivity index (χ0v) is 11.3. The Balaban J connectivity index is 2.43. The van der Waals surface area contributed by atoms with E-state index in [-0.39, 0.29) is 0 Å². The summed E-state index contributed by atoms with van der Waals surface area (Å²) >= 11 is 0. The van der Waals surface area contributed by atoms with Gasteiger partial charge in [-0.3, -0.25) is 0 Å². The van der Waals surface area contributed by atoms with Crippen LogP contribution < -0.4 is 10.2 Å². The Morgan fingerprint density at radius 3 is 3.00 bits per heavy atom. The number of imidazole rings is 1. The van der Waals surface area contributed by atoms with Gasteiger partial charge in [-0.05, 0) is 13.8 Å². The van der Waals surface area contributed by atoms with Crippen molar-refractivity contribution in [2.45, 2.75) is 20.3 Å². The average Bonchev–Trinajstić information content (AvgIpc) is 2.88. The van der Waals surface area contributed by atoms with Crippen molar-refractivity contribution < 1.29 is 0 Å². The molecule has 0 aliphatic heterocycles. The first-order valence-corrected chi connectivity index (χ1v) is 6.49. The van der Waals surface area contributed by atoms with Crippen LogP contribution in [0.1, 0.15) is 20.3 Å². The molecular weight excluding hydrogens is 240 g/mol. The quantitative estimate of drug-likeness (QED) is 0.857. The highest BCUT2D eigenvalue weighted by Gasteiger charge is 2.13. The number of anilines is 2. The third-order valence-electron chi connectivity index (χ3n) is 2.89. The smallest absolute Gasteiger partial charge is 0.180 e. The molecule has 0 bridgehead atoms. The second kappa shape index (κ2) is 6.05. The average molecular weight is 258 g/mol. The summed E-state index contributed by atoms with van der Waals surface area (Å²) in [6, 6.07) is 2.17. The molecule has 0 aliphatic rings. The normalized spacial score (nSPS) is 10.4. The van der Waals surface area contributed by atoms with Gasteiger partial charge in [-0.2, -0.15) is 5.26 Å². The Hall–Kier alpha value is -2.29. The Morgan fingerprint density at radius 1 is 1.47 bits per heavy atom. The minimum absolute atomic E-state index is 0.480. The largest absolute Gasteiger partial charge is 0.369 e. The van der Waals surface area contributed by atoms with Gasteiger partial charge in [0.1, 0.15) is 5.82 Å². The summed E-state index contributed by atoms with van der Waals surface area (Å²) in [5.41, 5.74) is 0.821. The standard InChI is InChI=1S/C13H18N6/c1-3-15-11-10-19-9-7-16-12(19)13(17-11)18(4-2)8-5-6-14/h7,9-10,15H,3-5,8H2,1-2H3. The lowest BCUT2D eigenvalue weighted by Gasteiger charge is -2.21. The van der Waals surface area contributed by atoms with Crippen LogP contribution in [0.3, 0.4) is 0 Å². The second-order valence-corrected chi connectivity index (χ2v) is 4.13. The van der Waals surface area contributed by atoms with Crippen molar-refractivity contribution in [1.29, 1.82) is 5.26 Å². The number of nitriles is 1. The fourth-order valence-electron chi connectivity index (χ4n) is 1.99.